The first-order valence-corrected chi connectivity index (χ1v) is 7.24. The molecule has 0 amide bonds. The summed E-state index contributed by atoms with van der Waals surface area (Å²) in [6.45, 7) is 0. The maximum atomic E-state index is 11.2. The highest BCUT2D eigenvalue weighted by molar-refractivity contribution is 5.85. The van der Waals surface area contributed by atoms with E-state index in [9.17, 15) is 19.8 Å². The van der Waals surface area contributed by atoms with Crippen LogP contribution in [0.3, 0.4) is 0 Å². The van der Waals surface area contributed by atoms with Gasteiger partial charge in [0.1, 0.15) is 44.9 Å². The van der Waals surface area contributed by atoms with E-state index >= 15 is 0 Å². The van der Waals surface area contributed by atoms with Crippen molar-refractivity contribution in [1.29, 1.82) is 0 Å². The average molecular weight is 356 g/mol. The summed E-state index contributed by atoms with van der Waals surface area (Å²) in [7, 11) is 0. The highest BCUT2D eigenvalue weighted by Gasteiger charge is 2.07. The van der Waals surface area contributed by atoms with E-state index in [0.29, 0.717) is 0 Å². The lowest BCUT2D eigenvalue weighted by molar-refractivity contribution is 0.450. The number of phenols is 4. The van der Waals surface area contributed by atoms with E-state index in [1.807, 2.05) is 0 Å². The lowest BCUT2D eigenvalue weighted by Crippen LogP contribution is -1.97. The molecule has 8 nitrogen and oxygen atoms in total. The SMILES string of the molecule is O=c1ccoc2cc(O)cc(O)c12.O=c1ccoc2cc(O)cc(O)c12. The Morgan fingerprint density at radius 1 is 0.615 bits per heavy atom. The Morgan fingerprint density at radius 2 is 1.00 bits per heavy atom. The van der Waals surface area contributed by atoms with Crippen molar-refractivity contribution in [2.75, 3.05) is 0 Å². The fourth-order valence-corrected chi connectivity index (χ4v) is 2.36. The predicted molar refractivity (Wildman–Crippen MR) is 91.6 cm³/mol. The third-order valence-electron chi connectivity index (χ3n) is 3.45. The van der Waals surface area contributed by atoms with Crippen molar-refractivity contribution in [1.82, 2.24) is 0 Å². The van der Waals surface area contributed by atoms with Crippen LogP contribution >= 0.6 is 0 Å². The van der Waals surface area contributed by atoms with Crippen molar-refractivity contribution >= 4 is 21.9 Å². The van der Waals surface area contributed by atoms with E-state index in [0.717, 1.165) is 12.1 Å². The summed E-state index contributed by atoms with van der Waals surface area (Å²) in [5, 5.41) is 37.0. The molecule has 0 atom stereocenters. The predicted octanol–water partition coefficient (Wildman–Crippen LogP) is 2.41. The molecule has 0 radical (unpaired) electrons. The minimum Gasteiger partial charge on any atom is -0.508 e. The topological polar surface area (TPSA) is 141 Å². The molecule has 132 valence electrons. The van der Waals surface area contributed by atoms with Crippen LogP contribution in [-0.4, -0.2) is 20.4 Å². The normalized spacial score (nSPS) is 10.5. The summed E-state index contributed by atoms with van der Waals surface area (Å²) in [6, 6.07) is 7.16. The van der Waals surface area contributed by atoms with Gasteiger partial charge in [-0.2, -0.15) is 0 Å². The van der Waals surface area contributed by atoms with Crippen LogP contribution in [-0.2, 0) is 0 Å². The molecule has 2 heterocycles. The van der Waals surface area contributed by atoms with Gasteiger partial charge in [-0.05, 0) is 0 Å². The van der Waals surface area contributed by atoms with Gasteiger partial charge in [-0.3, -0.25) is 9.59 Å². The summed E-state index contributed by atoms with van der Waals surface area (Å²) in [4.78, 5) is 22.4. The molecular weight excluding hydrogens is 344 g/mol. The van der Waals surface area contributed by atoms with Gasteiger partial charge in [0.2, 0.25) is 0 Å². The Bertz CT molecular complexity index is 1120. The van der Waals surface area contributed by atoms with Crippen molar-refractivity contribution in [2.24, 2.45) is 0 Å². The molecule has 0 saturated heterocycles. The Hall–Kier alpha value is -3.94. The van der Waals surface area contributed by atoms with Crippen molar-refractivity contribution in [3.63, 3.8) is 0 Å². The van der Waals surface area contributed by atoms with Gasteiger partial charge in [-0.15, -0.1) is 0 Å². The van der Waals surface area contributed by atoms with Crippen LogP contribution in [0.2, 0.25) is 0 Å². The van der Waals surface area contributed by atoms with Crippen LogP contribution in [0, 0.1) is 0 Å². The second-order valence-corrected chi connectivity index (χ2v) is 5.25. The number of hydrogen-bond acceptors (Lipinski definition) is 8. The quantitative estimate of drug-likeness (QED) is 0.376. The van der Waals surface area contributed by atoms with E-state index in [2.05, 4.69) is 0 Å². The second kappa shape index (κ2) is 6.52. The maximum Gasteiger partial charge on any atom is 0.196 e. The van der Waals surface area contributed by atoms with Crippen LogP contribution in [0.15, 0.2) is 67.3 Å². The zero-order valence-electron chi connectivity index (χ0n) is 13.0. The van der Waals surface area contributed by atoms with Crippen molar-refractivity contribution in [3.05, 3.63) is 69.4 Å². The van der Waals surface area contributed by atoms with E-state index in [1.54, 1.807) is 0 Å². The molecule has 0 bridgehead atoms. The molecule has 0 fully saturated rings. The highest BCUT2D eigenvalue weighted by atomic mass is 16.3. The minimum absolute atomic E-state index is 0.0836. The third-order valence-corrected chi connectivity index (χ3v) is 3.45. The summed E-state index contributed by atoms with van der Waals surface area (Å²) in [5.41, 5.74) is -0.326. The molecule has 0 aliphatic rings. The standard InChI is InChI=1S/2C9H6O4/c2*10-5-3-7(12)9-6(11)1-2-13-8(9)4-5/h2*1-4,10,12H. The summed E-state index contributed by atoms with van der Waals surface area (Å²) in [5.74, 6) is -0.826. The molecule has 0 saturated carbocycles. The number of fused-ring (bicyclic) bond motifs is 2. The maximum absolute atomic E-state index is 11.2. The largest absolute Gasteiger partial charge is 0.508 e. The first-order valence-electron chi connectivity index (χ1n) is 7.24. The van der Waals surface area contributed by atoms with Crippen molar-refractivity contribution < 1.29 is 29.3 Å². The first kappa shape index (κ1) is 16.9. The van der Waals surface area contributed by atoms with Gasteiger partial charge in [-0.25, -0.2) is 0 Å². The van der Waals surface area contributed by atoms with E-state index in [-0.39, 0.29) is 55.8 Å². The molecule has 2 aromatic carbocycles. The Morgan fingerprint density at radius 3 is 1.38 bits per heavy atom. The van der Waals surface area contributed by atoms with Gasteiger partial charge in [-0.1, -0.05) is 0 Å². The zero-order valence-corrected chi connectivity index (χ0v) is 13.0. The smallest absolute Gasteiger partial charge is 0.196 e. The lowest BCUT2D eigenvalue weighted by Gasteiger charge is -1.99. The third kappa shape index (κ3) is 3.16. The van der Waals surface area contributed by atoms with Gasteiger partial charge < -0.3 is 29.3 Å². The monoisotopic (exact) mass is 356 g/mol. The average Bonchev–Trinajstić information content (AvgIpc) is 2.54. The molecule has 4 aromatic rings. The second-order valence-electron chi connectivity index (χ2n) is 5.25. The Balaban J connectivity index is 0.000000151. The molecule has 0 aliphatic heterocycles. The van der Waals surface area contributed by atoms with Crippen molar-refractivity contribution in [3.8, 4) is 23.0 Å². The molecule has 2 aromatic heterocycles. The van der Waals surface area contributed by atoms with Crippen LogP contribution in [0.25, 0.3) is 21.9 Å². The number of rotatable bonds is 0. The molecule has 4 N–H and O–H groups in total. The molecule has 8 heteroatoms. The van der Waals surface area contributed by atoms with Gasteiger partial charge in [0.05, 0.1) is 12.5 Å². The van der Waals surface area contributed by atoms with Crippen LogP contribution in [0.5, 0.6) is 23.0 Å². The number of benzene rings is 2. The molecule has 0 spiro atoms. The van der Waals surface area contributed by atoms with E-state index in [1.165, 1.54) is 36.8 Å². The van der Waals surface area contributed by atoms with E-state index in [4.69, 9.17) is 19.0 Å². The first-order chi connectivity index (χ1) is 12.4. The Kier molecular flexibility index (Phi) is 4.24. The zero-order chi connectivity index (χ0) is 18.8. The summed E-state index contributed by atoms with van der Waals surface area (Å²) >= 11 is 0. The molecule has 26 heavy (non-hydrogen) atoms. The lowest BCUT2D eigenvalue weighted by atomic mass is 10.2. The summed E-state index contributed by atoms with van der Waals surface area (Å²) < 4.78 is 9.87. The van der Waals surface area contributed by atoms with Gasteiger partial charge >= 0.3 is 0 Å². The van der Waals surface area contributed by atoms with Crippen LogP contribution in [0.1, 0.15) is 0 Å². The number of hydrogen-bond donors (Lipinski definition) is 4. The van der Waals surface area contributed by atoms with Gasteiger partial charge in [0.15, 0.2) is 10.9 Å². The number of aromatic hydroxyl groups is 4. The Labute approximate surface area is 144 Å². The van der Waals surface area contributed by atoms with Crippen molar-refractivity contribution in [2.45, 2.75) is 0 Å². The highest BCUT2D eigenvalue weighted by Crippen LogP contribution is 2.27. The molecule has 0 aliphatic carbocycles. The fourth-order valence-electron chi connectivity index (χ4n) is 2.36. The molecular formula is C18H12O8. The van der Waals surface area contributed by atoms with Crippen LogP contribution < -0.4 is 10.9 Å². The van der Waals surface area contributed by atoms with Gasteiger partial charge in [0.25, 0.3) is 0 Å². The molecule has 4 rings (SSSR count). The molecule has 0 unspecified atom stereocenters. The van der Waals surface area contributed by atoms with E-state index < -0.39 is 0 Å². The minimum atomic E-state index is -0.334. The summed E-state index contributed by atoms with van der Waals surface area (Å²) in [6.07, 6.45) is 2.42. The fraction of sp³-hybridized carbons (Fsp3) is 0. The van der Waals surface area contributed by atoms with Gasteiger partial charge in [0, 0.05) is 36.4 Å². The van der Waals surface area contributed by atoms with Crippen LogP contribution in [0.4, 0.5) is 0 Å². The number of phenolic OH excluding ortho intramolecular Hbond substituents is 4.